The Morgan fingerprint density at radius 2 is 2.04 bits per heavy atom. The van der Waals surface area contributed by atoms with Crippen LogP contribution in [0.2, 0.25) is 0 Å². The summed E-state index contributed by atoms with van der Waals surface area (Å²) in [6.07, 6.45) is 1.71. The van der Waals surface area contributed by atoms with E-state index in [-0.39, 0.29) is 5.91 Å². The first-order chi connectivity index (χ1) is 11.5. The number of fused-ring (bicyclic) bond motifs is 1. The molecule has 0 atom stereocenters. The first-order valence-corrected chi connectivity index (χ1v) is 8.03. The molecule has 1 aromatic carbocycles. The normalized spacial score (nSPS) is 10.6. The number of nitrogens with two attached hydrogens (primary N) is 1. The van der Waals surface area contributed by atoms with E-state index in [9.17, 15) is 4.79 Å². The zero-order valence-corrected chi connectivity index (χ0v) is 14.4. The number of aromatic nitrogens is 1. The van der Waals surface area contributed by atoms with Gasteiger partial charge in [-0.25, -0.2) is 4.98 Å². The van der Waals surface area contributed by atoms with E-state index < -0.39 is 0 Å². The number of nitrogen functional groups attached to an aromatic ring is 1. The smallest absolute Gasteiger partial charge is 0.268 e. The van der Waals surface area contributed by atoms with E-state index in [4.69, 9.17) is 15.2 Å². The summed E-state index contributed by atoms with van der Waals surface area (Å²) >= 11 is 1.27. The molecule has 0 fully saturated rings. The number of aryl methyl sites for hydroxylation is 1. The van der Waals surface area contributed by atoms with Gasteiger partial charge in [0.1, 0.15) is 21.2 Å². The summed E-state index contributed by atoms with van der Waals surface area (Å²) in [6.45, 7) is 1.95. The number of nitrogens with zero attached hydrogens (tertiary/aromatic N) is 1. The lowest BCUT2D eigenvalue weighted by atomic mass is 10.1. The number of anilines is 2. The van der Waals surface area contributed by atoms with Gasteiger partial charge in [0.05, 0.1) is 25.6 Å². The zero-order chi connectivity index (χ0) is 17.3. The second kappa shape index (κ2) is 6.37. The number of amides is 1. The van der Waals surface area contributed by atoms with Gasteiger partial charge in [-0.1, -0.05) is 0 Å². The molecule has 1 amide bonds. The van der Waals surface area contributed by atoms with Crippen LogP contribution in [0.3, 0.4) is 0 Å². The van der Waals surface area contributed by atoms with Crippen molar-refractivity contribution < 1.29 is 14.3 Å². The summed E-state index contributed by atoms with van der Waals surface area (Å²) in [5.74, 6) is 0.862. The molecule has 3 aromatic rings. The number of hydrogen-bond acceptors (Lipinski definition) is 6. The largest absolute Gasteiger partial charge is 0.497 e. The van der Waals surface area contributed by atoms with Crippen LogP contribution in [-0.2, 0) is 0 Å². The minimum Gasteiger partial charge on any atom is -0.497 e. The Labute approximate surface area is 143 Å². The topological polar surface area (TPSA) is 86.5 Å². The average molecular weight is 343 g/mol. The summed E-state index contributed by atoms with van der Waals surface area (Å²) in [4.78, 5) is 18.1. The molecule has 0 bridgehead atoms. The number of methoxy groups -OCH3 is 2. The molecule has 3 rings (SSSR count). The van der Waals surface area contributed by atoms with Crippen molar-refractivity contribution in [2.24, 2.45) is 0 Å². The quantitative estimate of drug-likeness (QED) is 0.757. The number of ether oxygens (including phenoxy) is 2. The molecule has 0 aliphatic heterocycles. The number of benzene rings is 1. The van der Waals surface area contributed by atoms with Crippen molar-refractivity contribution in [2.75, 3.05) is 25.3 Å². The fraction of sp³-hybridized carbons (Fsp3) is 0.176. The van der Waals surface area contributed by atoms with Gasteiger partial charge < -0.3 is 20.5 Å². The van der Waals surface area contributed by atoms with Crippen LogP contribution in [0, 0.1) is 6.92 Å². The molecule has 0 aliphatic rings. The molecule has 2 heterocycles. The van der Waals surface area contributed by atoms with Crippen LogP contribution in [0.25, 0.3) is 10.2 Å². The van der Waals surface area contributed by atoms with Crippen molar-refractivity contribution in [3.63, 3.8) is 0 Å². The molecule has 0 spiro atoms. The summed E-state index contributed by atoms with van der Waals surface area (Å²) in [6, 6.07) is 7.05. The molecule has 6 nitrogen and oxygen atoms in total. The van der Waals surface area contributed by atoms with Crippen LogP contribution in [0.15, 0.2) is 30.5 Å². The Morgan fingerprint density at radius 3 is 2.71 bits per heavy atom. The molecular weight excluding hydrogens is 326 g/mol. The third-order valence-electron chi connectivity index (χ3n) is 3.70. The Morgan fingerprint density at radius 1 is 1.25 bits per heavy atom. The standard InChI is InChI=1S/C17H17N3O3S/c1-9-6-7-19-17-13(9)14(18)15(24-17)16(21)20-11-5-4-10(22-2)8-12(11)23-3/h4-8H,18H2,1-3H3,(H,20,21). The molecule has 0 saturated carbocycles. The van der Waals surface area contributed by atoms with Gasteiger partial charge in [0.2, 0.25) is 0 Å². The molecule has 0 aliphatic carbocycles. The third-order valence-corrected chi connectivity index (χ3v) is 4.81. The predicted molar refractivity (Wildman–Crippen MR) is 96.3 cm³/mol. The predicted octanol–water partition coefficient (Wildman–Crippen LogP) is 3.46. The van der Waals surface area contributed by atoms with Crippen LogP contribution in [-0.4, -0.2) is 25.1 Å². The molecular formula is C17H17N3O3S. The maximum Gasteiger partial charge on any atom is 0.268 e. The van der Waals surface area contributed by atoms with Crippen LogP contribution in [0.1, 0.15) is 15.2 Å². The van der Waals surface area contributed by atoms with Gasteiger partial charge in [0.25, 0.3) is 5.91 Å². The zero-order valence-electron chi connectivity index (χ0n) is 13.5. The average Bonchev–Trinajstić information content (AvgIpc) is 2.93. The van der Waals surface area contributed by atoms with Crippen LogP contribution < -0.4 is 20.5 Å². The monoisotopic (exact) mass is 343 g/mol. The first-order valence-electron chi connectivity index (χ1n) is 7.22. The number of carbonyl (C=O) groups is 1. The van der Waals surface area contributed by atoms with Crippen molar-refractivity contribution >= 4 is 38.8 Å². The second-order valence-electron chi connectivity index (χ2n) is 5.17. The van der Waals surface area contributed by atoms with E-state index in [0.717, 1.165) is 15.8 Å². The van der Waals surface area contributed by atoms with Crippen LogP contribution in [0.4, 0.5) is 11.4 Å². The number of rotatable bonds is 4. The number of nitrogens with one attached hydrogen (secondary N) is 1. The van der Waals surface area contributed by atoms with E-state index >= 15 is 0 Å². The fourth-order valence-corrected chi connectivity index (χ4v) is 3.49. The molecule has 24 heavy (non-hydrogen) atoms. The summed E-state index contributed by atoms with van der Waals surface area (Å²) in [5, 5.41) is 3.66. The summed E-state index contributed by atoms with van der Waals surface area (Å²) in [5.41, 5.74) is 8.16. The van der Waals surface area contributed by atoms with E-state index in [1.165, 1.54) is 18.4 Å². The highest BCUT2D eigenvalue weighted by molar-refractivity contribution is 7.21. The van der Waals surface area contributed by atoms with Gasteiger partial charge >= 0.3 is 0 Å². The third kappa shape index (κ3) is 2.74. The summed E-state index contributed by atoms with van der Waals surface area (Å²) in [7, 11) is 3.10. The molecule has 7 heteroatoms. The Hall–Kier alpha value is -2.80. The lowest BCUT2D eigenvalue weighted by Crippen LogP contribution is -2.12. The first kappa shape index (κ1) is 16.1. The van der Waals surface area contributed by atoms with Crippen molar-refractivity contribution in [1.29, 1.82) is 0 Å². The van der Waals surface area contributed by atoms with Gasteiger partial charge in [-0.2, -0.15) is 0 Å². The van der Waals surface area contributed by atoms with Gasteiger partial charge in [-0.05, 0) is 30.7 Å². The molecule has 2 aromatic heterocycles. The number of thiophene rings is 1. The van der Waals surface area contributed by atoms with Crippen LogP contribution >= 0.6 is 11.3 Å². The molecule has 3 N–H and O–H groups in total. The molecule has 124 valence electrons. The van der Waals surface area contributed by atoms with Gasteiger partial charge in [0.15, 0.2) is 0 Å². The number of pyridine rings is 1. The molecule has 0 radical (unpaired) electrons. The Kier molecular flexibility index (Phi) is 4.26. The van der Waals surface area contributed by atoms with Crippen LogP contribution in [0.5, 0.6) is 11.5 Å². The van der Waals surface area contributed by atoms with E-state index in [0.29, 0.717) is 27.8 Å². The molecule has 0 unspecified atom stereocenters. The highest BCUT2D eigenvalue weighted by atomic mass is 32.1. The van der Waals surface area contributed by atoms with Gasteiger partial charge in [-0.15, -0.1) is 11.3 Å². The SMILES string of the molecule is COc1ccc(NC(=O)c2sc3nccc(C)c3c2N)c(OC)c1. The number of hydrogen-bond donors (Lipinski definition) is 2. The van der Waals surface area contributed by atoms with Crippen molar-refractivity contribution in [3.8, 4) is 11.5 Å². The van der Waals surface area contributed by atoms with Gasteiger partial charge in [-0.3, -0.25) is 4.79 Å². The maximum atomic E-state index is 12.6. The minimum absolute atomic E-state index is 0.293. The lowest BCUT2D eigenvalue weighted by Gasteiger charge is -2.11. The number of carbonyl (C=O) groups excluding carboxylic acids is 1. The van der Waals surface area contributed by atoms with Crippen molar-refractivity contribution in [1.82, 2.24) is 4.98 Å². The maximum absolute atomic E-state index is 12.6. The highest BCUT2D eigenvalue weighted by Crippen LogP contribution is 2.36. The van der Waals surface area contributed by atoms with E-state index in [2.05, 4.69) is 10.3 Å². The van der Waals surface area contributed by atoms with Gasteiger partial charge in [0, 0.05) is 17.6 Å². The highest BCUT2D eigenvalue weighted by Gasteiger charge is 2.19. The van der Waals surface area contributed by atoms with Crippen molar-refractivity contribution in [2.45, 2.75) is 6.92 Å². The van der Waals surface area contributed by atoms with E-state index in [1.807, 2.05) is 13.0 Å². The lowest BCUT2D eigenvalue weighted by molar-refractivity contribution is 0.103. The Bertz CT molecular complexity index is 921. The molecule has 0 saturated heterocycles. The fourth-order valence-electron chi connectivity index (χ4n) is 2.45. The summed E-state index contributed by atoms with van der Waals surface area (Å²) < 4.78 is 10.5. The second-order valence-corrected chi connectivity index (χ2v) is 6.17. The van der Waals surface area contributed by atoms with E-state index in [1.54, 1.807) is 31.5 Å². The van der Waals surface area contributed by atoms with Crippen molar-refractivity contribution in [3.05, 3.63) is 40.9 Å². The Balaban J connectivity index is 1.96. The minimum atomic E-state index is -0.293.